The molecule has 0 aromatic rings. The summed E-state index contributed by atoms with van der Waals surface area (Å²) in [7, 11) is 0. The molecule has 2 unspecified atom stereocenters. The van der Waals surface area contributed by atoms with Crippen LogP contribution in [0.4, 0.5) is 4.39 Å². The first-order valence-corrected chi connectivity index (χ1v) is 4.47. The molecule has 0 spiro atoms. The van der Waals surface area contributed by atoms with Crippen LogP contribution in [0.2, 0.25) is 0 Å². The van der Waals surface area contributed by atoms with Gasteiger partial charge in [-0.1, -0.05) is 19.3 Å². The second kappa shape index (κ2) is 3.87. The highest BCUT2D eigenvalue weighted by Crippen LogP contribution is 2.37. The largest absolute Gasteiger partial charge is 0.481 e. The topological polar surface area (TPSA) is 37.3 Å². The van der Waals surface area contributed by atoms with Gasteiger partial charge in [0.25, 0.3) is 0 Å². The smallest absolute Gasteiger partial charge is 0.303 e. The third-order valence-electron chi connectivity index (χ3n) is 2.76. The van der Waals surface area contributed by atoms with Crippen molar-refractivity contribution in [3.8, 4) is 0 Å². The summed E-state index contributed by atoms with van der Waals surface area (Å²) in [4.78, 5) is 10.4. The SMILES string of the molecule is CC(F)C(CC(=O)O)C1CCC1. The molecule has 12 heavy (non-hydrogen) atoms. The molecule has 1 aliphatic rings. The van der Waals surface area contributed by atoms with Crippen LogP contribution in [-0.2, 0) is 4.79 Å². The molecule has 1 aliphatic carbocycles. The fourth-order valence-corrected chi connectivity index (χ4v) is 1.77. The number of hydrogen-bond donors (Lipinski definition) is 1. The predicted molar refractivity (Wildman–Crippen MR) is 43.7 cm³/mol. The quantitative estimate of drug-likeness (QED) is 0.709. The lowest BCUT2D eigenvalue weighted by atomic mass is 9.73. The van der Waals surface area contributed by atoms with Crippen molar-refractivity contribution >= 4 is 5.97 Å². The first-order chi connectivity index (χ1) is 5.61. The highest BCUT2D eigenvalue weighted by molar-refractivity contribution is 5.67. The Morgan fingerprint density at radius 3 is 2.50 bits per heavy atom. The van der Waals surface area contributed by atoms with E-state index in [0.29, 0.717) is 5.92 Å². The maximum absolute atomic E-state index is 12.9. The van der Waals surface area contributed by atoms with Crippen molar-refractivity contribution in [2.75, 3.05) is 0 Å². The van der Waals surface area contributed by atoms with Gasteiger partial charge in [0.1, 0.15) is 6.17 Å². The lowest BCUT2D eigenvalue weighted by molar-refractivity contribution is -0.139. The summed E-state index contributed by atoms with van der Waals surface area (Å²) in [5.74, 6) is -0.811. The number of aliphatic carboxylic acids is 1. The molecule has 0 radical (unpaired) electrons. The number of hydrogen-bond acceptors (Lipinski definition) is 1. The molecular formula is C9H15FO2. The molecule has 2 atom stereocenters. The molecule has 0 aliphatic heterocycles. The Labute approximate surface area is 71.8 Å². The summed E-state index contributed by atoms with van der Waals surface area (Å²) < 4.78 is 12.9. The maximum atomic E-state index is 12.9. The van der Waals surface area contributed by atoms with Gasteiger partial charge in [0.2, 0.25) is 0 Å². The summed E-state index contributed by atoms with van der Waals surface area (Å²) in [6.07, 6.45) is 2.15. The van der Waals surface area contributed by atoms with Gasteiger partial charge < -0.3 is 5.11 Å². The van der Waals surface area contributed by atoms with Crippen LogP contribution in [0.5, 0.6) is 0 Å². The number of rotatable bonds is 4. The number of alkyl halides is 1. The second-order valence-corrected chi connectivity index (χ2v) is 3.63. The molecule has 1 rings (SSSR count). The van der Waals surface area contributed by atoms with E-state index in [-0.39, 0.29) is 12.3 Å². The fraction of sp³-hybridized carbons (Fsp3) is 0.889. The monoisotopic (exact) mass is 174 g/mol. The standard InChI is InChI=1S/C9H15FO2/c1-6(10)8(5-9(11)12)7-3-2-4-7/h6-8H,2-5H2,1H3,(H,11,12). The molecule has 3 heteroatoms. The van der Waals surface area contributed by atoms with Gasteiger partial charge in [-0.15, -0.1) is 0 Å². The molecule has 0 aromatic heterocycles. The highest BCUT2D eigenvalue weighted by atomic mass is 19.1. The Balaban J connectivity index is 2.42. The fourth-order valence-electron chi connectivity index (χ4n) is 1.77. The normalized spacial score (nSPS) is 22.8. The molecule has 2 nitrogen and oxygen atoms in total. The number of carbonyl (C=O) groups is 1. The van der Waals surface area contributed by atoms with Gasteiger partial charge in [-0.2, -0.15) is 0 Å². The highest BCUT2D eigenvalue weighted by Gasteiger charge is 2.32. The van der Waals surface area contributed by atoms with Gasteiger partial charge >= 0.3 is 5.97 Å². The summed E-state index contributed by atoms with van der Waals surface area (Å²) >= 11 is 0. The molecule has 1 saturated carbocycles. The molecule has 1 N–H and O–H groups in total. The van der Waals surface area contributed by atoms with E-state index in [1.807, 2.05) is 0 Å². The average Bonchev–Trinajstić information content (AvgIpc) is 1.80. The second-order valence-electron chi connectivity index (χ2n) is 3.63. The number of halogens is 1. The molecular weight excluding hydrogens is 159 g/mol. The zero-order chi connectivity index (χ0) is 9.14. The zero-order valence-corrected chi connectivity index (χ0v) is 7.29. The van der Waals surface area contributed by atoms with Crippen molar-refractivity contribution in [2.45, 2.75) is 38.8 Å². The molecule has 0 amide bonds. The minimum atomic E-state index is -0.980. The Morgan fingerprint density at radius 2 is 2.25 bits per heavy atom. The van der Waals surface area contributed by atoms with Crippen molar-refractivity contribution in [1.29, 1.82) is 0 Å². The summed E-state index contributed by atoms with van der Waals surface area (Å²) in [6.45, 7) is 1.46. The van der Waals surface area contributed by atoms with E-state index in [0.717, 1.165) is 19.3 Å². The van der Waals surface area contributed by atoms with Crippen LogP contribution >= 0.6 is 0 Å². The van der Waals surface area contributed by atoms with Gasteiger partial charge in [-0.25, -0.2) is 4.39 Å². The summed E-state index contributed by atoms with van der Waals surface area (Å²) in [6, 6.07) is 0. The van der Waals surface area contributed by atoms with Crippen LogP contribution in [-0.4, -0.2) is 17.2 Å². The van der Waals surface area contributed by atoms with E-state index in [2.05, 4.69) is 0 Å². The van der Waals surface area contributed by atoms with Crippen LogP contribution in [0, 0.1) is 11.8 Å². The third kappa shape index (κ3) is 2.19. The van der Waals surface area contributed by atoms with Crippen molar-refractivity contribution in [3.05, 3.63) is 0 Å². The van der Waals surface area contributed by atoms with Gasteiger partial charge in [0.15, 0.2) is 0 Å². The van der Waals surface area contributed by atoms with E-state index in [4.69, 9.17) is 5.11 Å². The molecule has 0 heterocycles. The van der Waals surface area contributed by atoms with Crippen molar-refractivity contribution in [2.24, 2.45) is 11.8 Å². The minimum absolute atomic E-state index is 0.0116. The van der Waals surface area contributed by atoms with Gasteiger partial charge in [0.05, 0.1) is 6.42 Å². The van der Waals surface area contributed by atoms with Crippen LogP contribution in [0.1, 0.15) is 32.6 Å². The third-order valence-corrected chi connectivity index (χ3v) is 2.76. The van der Waals surface area contributed by atoms with Gasteiger partial charge in [-0.05, 0) is 12.8 Å². The number of carboxylic acid groups (broad SMARTS) is 1. The maximum Gasteiger partial charge on any atom is 0.303 e. The average molecular weight is 174 g/mol. The molecule has 0 bridgehead atoms. The first kappa shape index (κ1) is 9.49. The minimum Gasteiger partial charge on any atom is -0.481 e. The van der Waals surface area contributed by atoms with Crippen LogP contribution < -0.4 is 0 Å². The Kier molecular flexibility index (Phi) is 3.06. The molecule has 70 valence electrons. The number of carboxylic acids is 1. The van der Waals surface area contributed by atoms with Crippen LogP contribution in [0.3, 0.4) is 0 Å². The molecule has 0 saturated heterocycles. The first-order valence-electron chi connectivity index (χ1n) is 4.47. The van der Waals surface area contributed by atoms with E-state index in [1.54, 1.807) is 0 Å². The van der Waals surface area contributed by atoms with Crippen molar-refractivity contribution in [1.82, 2.24) is 0 Å². The summed E-state index contributed by atoms with van der Waals surface area (Å²) in [5, 5.41) is 8.53. The van der Waals surface area contributed by atoms with Gasteiger partial charge in [0, 0.05) is 5.92 Å². The van der Waals surface area contributed by atoms with E-state index >= 15 is 0 Å². The summed E-state index contributed by atoms with van der Waals surface area (Å²) in [5.41, 5.74) is 0. The Morgan fingerprint density at radius 1 is 1.67 bits per heavy atom. The van der Waals surface area contributed by atoms with Crippen LogP contribution in [0.15, 0.2) is 0 Å². The molecule has 0 aromatic carbocycles. The lowest BCUT2D eigenvalue weighted by Gasteiger charge is -2.33. The van der Waals surface area contributed by atoms with Gasteiger partial charge in [-0.3, -0.25) is 4.79 Å². The zero-order valence-electron chi connectivity index (χ0n) is 7.29. The van der Waals surface area contributed by atoms with E-state index in [9.17, 15) is 9.18 Å². The lowest BCUT2D eigenvalue weighted by Crippen LogP contribution is -2.30. The van der Waals surface area contributed by atoms with E-state index in [1.165, 1.54) is 6.92 Å². The van der Waals surface area contributed by atoms with E-state index < -0.39 is 12.1 Å². The predicted octanol–water partition coefficient (Wildman–Crippen LogP) is 2.24. The van der Waals surface area contributed by atoms with Crippen molar-refractivity contribution in [3.63, 3.8) is 0 Å². The Hall–Kier alpha value is -0.600. The van der Waals surface area contributed by atoms with Crippen LogP contribution in [0.25, 0.3) is 0 Å². The Bertz CT molecular complexity index is 164. The molecule has 1 fully saturated rings. The van der Waals surface area contributed by atoms with Crippen molar-refractivity contribution < 1.29 is 14.3 Å².